The smallest absolute Gasteiger partial charge is 0.268 e. The topological polar surface area (TPSA) is 34.0 Å². The van der Waals surface area contributed by atoms with E-state index >= 15 is 0 Å². The van der Waals surface area contributed by atoms with E-state index in [1.807, 2.05) is 28.2 Å². The van der Waals surface area contributed by atoms with Gasteiger partial charge in [0.25, 0.3) is 5.56 Å². The molecule has 2 aromatic rings. The van der Waals surface area contributed by atoms with Crippen LogP contribution in [0.15, 0.2) is 29.1 Å². The number of piperidine rings is 1. The molecule has 1 aliphatic rings. The summed E-state index contributed by atoms with van der Waals surface area (Å²) in [7, 11) is 0. The fourth-order valence-electron chi connectivity index (χ4n) is 2.63. The van der Waals surface area contributed by atoms with E-state index in [9.17, 15) is 4.79 Å². The summed E-state index contributed by atoms with van der Waals surface area (Å²) in [6.45, 7) is 3.13. The molecule has 4 heteroatoms. The second-order valence-corrected chi connectivity index (χ2v) is 6.06. The molecule has 3 nitrogen and oxygen atoms in total. The van der Waals surface area contributed by atoms with E-state index in [2.05, 4.69) is 5.32 Å². The van der Waals surface area contributed by atoms with Crippen LogP contribution < -0.4 is 10.9 Å². The van der Waals surface area contributed by atoms with Crippen molar-refractivity contribution in [3.05, 3.63) is 34.6 Å². The normalized spacial score (nSPS) is 20.3. The minimum absolute atomic E-state index is 0.180. The third-order valence-corrected chi connectivity index (χ3v) is 4.81. The van der Waals surface area contributed by atoms with Gasteiger partial charge in [0.1, 0.15) is 0 Å². The predicted octanol–water partition coefficient (Wildman–Crippen LogP) is 2.45. The Morgan fingerprint density at radius 3 is 3.06 bits per heavy atom. The van der Waals surface area contributed by atoms with Crippen LogP contribution in [0.5, 0.6) is 0 Å². The summed E-state index contributed by atoms with van der Waals surface area (Å²) in [5.41, 5.74) is 0.180. The van der Waals surface area contributed by atoms with Crippen molar-refractivity contribution >= 4 is 21.6 Å². The van der Waals surface area contributed by atoms with E-state index in [-0.39, 0.29) is 5.56 Å². The Labute approximate surface area is 111 Å². The Morgan fingerprint density at radius 2 is 2.28 bits per heavy atom. The van der Waals surface area contributed by atoms with E-state index in [4.69, 9.17) is 0 Å². The molecule has 18 heavy (non-hydrogen) atoms. The number of nitrogens with one attached hydrogen (secondary N) is 1. The van der Waals surface area contributed by atoms with Crippen LogP contribution in [0.25, 0.3) is 10.1 Å². The lowest BCUT2D eigenvalue weighted by molar-refractivity contribution is 0.344. The number of aromatic nitrogens is 1. The Kier molecular flexibility index (Phi) is 3.48. The molecule has 0 aliphatic carbocycles. The van der Waals surface area contributed by atoms with Crippen LogP contribution in [0.1, 0.15) is 19.3 Å². The van der Waals surface area contributed by atoms with Crippen LogP contribution in [0.4, 0.5) is 0 Å². The molecule has 1 unspecified atom stereocenters. The van der Waals surface area contributed by atoms with Gasteiger partial charge in [-0.3, -0.25) is 8.75 Å². The van der Waals surface area contributed by atoms with Crippen molar-refractivity contribution < 1.29 is 0 Å². The van der Waals surface area contributed by atoms with Crippen molar-refractivity contribution in [2.24, 2.45) is 5.92 Å². The van der Waals surface area contributed by atoms with Crippen molar-refractivity contribution in [3.8, 4) is 0 Å². The van der Waals surface area contributed by atoms with E-state index in [1.54, 1.807) is 11.5 Å². The van der Waals surface area contributed by atoms with Crippen molar-refractivity contribution in [1.29, 1.82) is 0 Å². The SMILES string of the molecule is O=c1c2ccccc2sn1CCC1CCCNC1. The molecule has 0 amide bonds. The quantitative estimate of drug-likeness (QED) is 0.922. The van der Waals surface area contributed by atoms with Crippen molar-refractivity contribution in [2.75, 3.05) is 13.1 Å². The van der Waals surface area contributed by atoms with E-state index in [1.165, 1.54) is 12.8 Å². The van der Waals surface area contributed by atoms with Gasteiger partial charge in [0, 0.05) is 6.54 Å². The van der Waals surface area contributed by atoms with Crippen LogP contribution in [-0.2, 0) is 6.54 Å². The van der Waals surface area contributed by atoms with Gasteiger partial charge in [-0.05, 0) is 50.4 Å². The molecule has 1 fully saturated rings. The molecule has 1 atom stereocenters. The lowest BCUT2D eigenvalue weighted by Crippen LogP contribution is -2.30. The minimum atomic E-state index is 0.180. The molecule has 2 heterocycles. The molecular formula is C14H18N2OS. The number of fused-ring (bicyclic) bond motifs is 1. The highest BCUT2D eigenvalue weighted by atomic mass is 32.1. The second-order valence-electron chi connectivity index (χ2n) is 5.00. The summed E-state index contributed by atoms with van der Waals surface area (Å²) in [6.07, 6.45) is 3.68. The zero-order chi connectivity index (χ0) is 12.4. The number of benzene rings is 1. The van der Waals surface area contributed by atoms with Crippen molar-refractivity contribution in [2.45, 2.75) is 25.8 Å². The largest absolute Gasteiger partial charge is 0.316 e. The first-order chi connectivity index (χ1) is 8.84. The summed E-state index contributed by atoms with van der Waals surface area (Å²) in [4.78, 5) is 12.2. The maximum Gasteiger partial charge on any atom is 0.268 e. The first-order valence-electron chi connectivity index (χ1n) is 6.64. The Bertz CT molecular complexity index is 581. The highest BCUT2D eigenvalue weighted by molar-refractivity contribution is 7.13. The molecule has 1 aromatic heterocycles. The fraction of sp³-hybridized carbons (Fsp3) is 0.500. The van der Waals surface area contributed by atoms with Crippen LogP contribution in [0.2, 0.25) is 0 Å². The van der Waals surface area contributed by atoms with Crippen LogP contribution >= 0.6 is 11.5 Å². The van der Waals surface area contributed by atoms with Gasteiger partial charge in [-0.1, -0.05) is 23.7 Å². The van der Waals surface area contributed by atoms with Gasteiger partial charge in [-0.25, -0.2) is 0 Å². The third-order valence-electron chi connectivity index (χ3n) is 3.69. The van der Waals surface area contributed by atoms with Crippen LogP contribution in [0, 0.1) is 5.92 Å². The Hall–Kier alpha value is -1.13. The lowest BCUT2D eigenvalue weighted by Gasteiger charge is -2.22. The molecule has 1 N–H and O–H groups in total. The van der Waals surface area contributed by atoms with Crippen LogP contribution in [0.3, 0.4) is 0 Å². The van der Waals surface area contributed by atoms with E-state index in [0.717, 1.165) is 42.1 Å². The summed E-state index contributed by atoms with van der Waals surface area (Å²) in [6, 6.07) is 7.88. The van der Waals surface area contributed by atoms with Gasteiger partial charge in [-0.2, -0.15) is 0 Å². The van der Waals surface area contributed by atoms with Crippen LogP contribution in [-0.4, -0.2) is 17.0 Å². The zero-order valence-electron chi connectivity index (χ0n) is 10.4. The predicted molar refractivity (Wildman–Crippen MR) is 76.3 cm³/mol. The van der Waals surface area contributed by atoms with E-state index in [0.29, 0.717) is 0 Å². The summed E-state index contributed by atoms with van der Waals surface area (Å²) < 4.78 is 3.02. The molecule has 1 saturated heterocycles. The molecule has 0 bridgehead atoms. The second kappa shape index (κ2) is 5.24. The summed E-state index contributed by atoms with van der Waals surface area (Å²) >= 11 is 1.60. The van der Waals surface area contributed by atoms with Gasteiger partial charge in [0.05, 0.1) is 10.1 Å². The molecule has 3 rings (SSSR count). The van der Waals surface area contributed by atoms with Gasteiger partial charge < -0.3 is 5.32 Å². The first kappa shape index (κ1) is 11.9. The van der Waals surface area contributed by atoms with E-state index < -0.39 is 0 Å². The molecule has 96 valence electrons. The molecule has 1 aliphatic heterocycles. The number of aryl methyl sites for hydroxylation is 1. The maximum absolute atomic E-state index is 12.2. The third kappa shape index (κ3) is 2.35. The number of hydrogen-bond acceptors (Lipinski definition) is 3. The first-order valence-corrected chi connectivity index (χ1v) is 7.41. The summed E-state index contributed by atoms with van der Waals surface area (Å²) in [5.74, 6) is 0.732. The zero-order valence-corrected chi connectivity index (χ0v) is 11.2. The number of rotatable bonds is 3. The lowest BCUT2D eigenvalue weighted by atomic mass is 9.96. The number of nitrogens with zero attached hydrogens (tertiary/aromatic N) is 1. The minimum Gasteiger partial charge on any atom is -0.316 e. The van der Waals surface area contributed by atoms with Gasteiger partial charge in [0.2, 0.25) is 0 Å². The average Bonchev–Trinajstić information content (AvgIpc) is 2.75. The highest BCUT2D eigenvalue weighted by Gasteiger charge is 2.14. The Balaban J connectivity index is 1.74. The van der Waals surface area contributed by atoms with Gasteiger partial charge in [-0.15, -0.1) is 0 Å². The van der Waals surface area contributed by atoms with Crippen molar-refractivity contribution in [3.63, 3.8) is 0 Å². The number of hydrogen-bond donors (Lipinski definition) is 1. The molecule has 1 aromatic carbocycles. The van der Waals surface area contributed by atoms with Crippen molar-refractivity contribution in [1.82, 2.24) is 9.27 Å². The monoisotopic (exact) mass is 262 g/mol. The summed E-state index contributed by atoms with van der Waals surface area (Å²) in [5, 5.41) is 4.29. The standard InChI is InChI=1S/C14H18N2OS/c17-14-12-5-1-2-6-13(12)18-16(14)9-7-11-4-3-8-15-10-11/h1-2,5-6,11,15H,3-4,7-10H2. The Morgan fingerprint density at radius 1 is 1.39 bits per heavy atom. The molecular weight excluding hydrogens is 244 g/mol. The molecule has 0 saturated carbocycles. The molecule has 0 radical (unpaired) electrons. The van der Waals surface area contributed by atoms with Gasteiger partial charge in [0.15, 0.2) is 0 Å². The fourth-order valence-corrected chi connectivity index (χ4v) is 3.64. The highest BCUT2D eigenvalue weighted by Crippen LogP contribution is 2.19. The average molecular weight is 262 g/mol. The van der Waals surface area contributed by atoms with Gasteiger partial charge >= 0.3 is 0 Å². The molecule has 0 spiro atoms. The maximum atomic E-state index is 12.2.